The summed E-state index contributed by atoms with van der Waals surface area (Å²) in [5.41, 5.74) is 1.25. The Hall–Kier alpha value is -1.09. The smallest absolute Gasteiger partial charge is 0.341 e. The third-order valence-corrected chi connectivity index (χ3v) is 0.656. The maximum Gasteiger partial charge on any atom is 0.341 e. The Morgan fingerprint density at radius 3 is 3.00 bits per heavy atom. The van der Waals surface area contributed by atoms with Crippen LogP contribution in [-0.2, 0) is 9.63 Å². The average Bonchev–Trinajstić information content (AvgIpc) is 1.89. The average molecular weight is 144 g/mol. The lowest BCUT2D eigenvalue weighted by Crippen LogP contribution is -2.28. The molecule has 0 bridgehead atoms. The number of terminal acetylenes is 1. The Kier molecular flexibility index (Phi) is 5.38. The van der Waals surface area contributed by atoms with Gasteiger partial charge < -0.3 is 4.84 Å². The van der Waals surface area contributed by atoms with Gasteiger partial charge in [-0.2, -0.15) is 0 Å². The van der Waals surface area contributed by atoms with Gasteiger partial charge in [-0.05, 0) is 5.64 Å². The third kappa shape index (κ3) is 5.05. The lowest BCUT2D eigenvalue weighted by atomic mass is 10.6. The van der Waals surface area contributed by atoms with Crippen molar-refractivity contribution in [1.82, 2.24) is 11.0 Å². The molecule has 0 aromatic carbocycles. The number of hydrogen-bond acceptors (Lipinski definition) is 5. The second kappa shape index (κ2) is 6.04. The lowest BCUT2D eigenvalue weighted by Gasteiger charge is -1.98. The van der Waals surface area contributed by atoms with E-state index in [2.05, 4.69) is 16.1 Å². The van der Waals surface area contributed by atoms with Gasteiger partial charge in [0.05, 0.1) is 13.1 Å². The lowest BCUT2D eigenvalue weighted by molar-refractivity contribution is -0.175. The first-order valence-electron chi connectivity index (χ1n) is 2.54. The van der Waals surface area contributed by atoms with E-state index >= 15 is 0 Å². The molecule has 0 rings (SSSR count). The molecular weight excluding hydrogens is 136 g/mol. The molecule has 5 nitrogen and oxygen atoms in total. The summed E-state index contributed by atoms with van der Waals surface area (Å²) in [4.78, 5) is 14.3. The van der Waals surface area contributed by atoms with Crippen LogP contribution < -0.4 is 11.0 Å². The summed E-state index contributed by atoms with van der Waals surface area (Å²) in [5, 5.41) is 10.4. The molecule has 0 aliphatic rings. The summed E-state index contributed by atoms with van der Waals surface area (Å²) in [5.74, 6) is 1.64. The van der Waals surface area contributed by atoms with Crippen LogP contribution in [0.1, 0.15) is 0 Å². The molecule has 3 N–H and O–H groups in total. The van der Waals surface area contributed by atoms with Crippen LogP contribution in [0.3, 0.4) is 0 Å². The molecule has 0 amide bonds. The zero-order valence-electron chi connectivity index (χ0n) is 5.26. The van der Waals surface area contributed by atoms with Crippen molar-refractivity contribution in [3.05, 3.63) is 0 Å². The molecule has 10 heavy (non-hydrogen) atoms. The first-order valence-corrected chi connectivity index (χ1v) is 2.54. The summed E-state index contributed by atoms with van der Waals surface area (Å²) < 4.78 is 0. The van der Waals surface area contributed by atoms with Gasteiger partial charge in [0.25, 0.3) is 0 Å². The molecule has 5 heteroatoms. The van der Waals surface area contributed by atoms with Crippen molar-refractivity contribution in [2.75, 3.05) is 13.1 Å². The highest BCUT2D eigenvalue weighted by Gasteiger charge is 1.98. The first kappa shape index (κ1) is 8.91. The molecule has 0 heterocycles. The maximum atomic E-state index is 10.3. The van der Waals surface area contributed by atoms with Crippen LogP contribution in [0.4, 0.5) is 0 Å². The van der Waals surface area contributed by atoms with Gasteiger partial charge in [0.15, 0.2) is 0 Å². The Morgan fingerprint density at radius 1 is 1.80 bits per heavy atom. The van der Waals surface area contributed by atoms with Crippen molar-refractivity contribution in [2.24, 2.45) is 0 Å². The van der Waals surface area contributed by atoms with Crippen LogP contribution >= 0.6 is 0 Å². The summed E-state index contributed by atoms with van der Waals surface area (Å²) in [6, 6.07) is 0. The molecule has 0 fully saturated rings. The van der Waals surface area contributed by atoms with E-state index in [-0.39, 0.29) is 6.54 Å². The van der Waals surface area contributed by atoms with E-state index in [9.17, 15) is 4.79 Å². The van der Waals surface area contributed by atoms with Crippen LogP contribution in [0.15, 0.2) is 0 Å². The molecule has 0 aliphatic heterocycles. The molecule has 0 saturated carbocycles. The fourth-order valence-electron chi connectivity index (χ4n) is 0.324. The molecule has 0 aromatic heterocycles. The predicted octanol–water partition coefficient (Wildman–Crippen LogP) is -1.35. The van der Waals surface area contributed by atoms with Crippen molar-refractivity contribution >= 4 is 5.97 Å². The number of carbonyl (C=O) groups is 1. The van der Waals surface area contributed by atoms with Crippen LogP contribution in [0, 0.1) is 12.3 Å². The van der Waals surface area contributed by atoms with Crippen LogP contribution in [0.2, 0.25) is 0 Å². The highest BCUT2D eigenvalue weighted by atomic mass is 16.9. The van der Waals surface area contributed by atoms with E-state index in [4.69, 9.17) is 11.6 Å². The highest BCUT2D eigenvalue weighted by Crippen LogP contribution is 1.67. The summed E-state index contributed by atoms with van der Waals surface area (Å²) in [6.07, 6.45) is 4.86. The van der Waals surface area contributed by atoms with Crippen molar-refractivity contribution in [3.63, 3.8) is 0 Å². The maximum absolute atomic E-state index is 10.3. The minimum Gasteiger partial charge on any atom is -0.344 e. The van der Waals surface area contributed by atoms with Gasteiger partial charge in [-0.3, -0.25) is 10.5 Å². The zero-order valence-corrected chi connectivity index (χ0v) is 5.26. The van der Waals surface area contributed by atoms with Crippen molar-refractivity contribution in [1.29, 1.82) is 0 Å². The molecular formula is C5H8N2O3. The largest absolute Gasteiger partial charge is 0.344 e. The molecule has 0 spiro atoms. The molecule has 0 aromatic rings. The topological polar surface area (TPSA) is 70.6 Å². The zero-order chi connectivity index (χ0) is 7.82. The molecule has 0 unspecified atom stereocenters. The summed E-state index contributed by atoms with van der Waals surface area (Å²) >= 11 is 0. The van der Waals surface area contributed by atoms with E-state index in [1.54, 1.807) is 0 Å². The van der Waals surface area contributed by atoms with Gasteiger partial charge in [0, 0.05) is 0 Å². The van der Waals surface area contributed by atoms with Gasteiger partial charge in [0.2, 0.25) is 0 Å². The first-order chi connectivity index (χ1) is 4.81. The Morgan fingerprint density at radius 2 is 2.50 bits per heavy atom. The second-order valence-electron chi connectivity index (χ2n) is 1.37. The van der Waals surface area contributed by atoms with Gasteiger partial charge in [-0.1, -0.05) is 5.92 Å². The predicted molar refractivity (Wildman–Crippen MR) is 32.7 cm³/mol. The monoisotopic (exact) mass is 144 g/mol. The van der Waals surface area contributed by atoms with E-state index in [0.717, 1.165) is 0 Å². The van der Waals surface area contributed by atoms with Crippen LogP contribution in [0.5, 0.6) is 0 Å². The van der Waals surface area contributed by atoms with E-state index in [0.29, 0.717) is 6.54 Å². The van der Waals surface area contributed by atoms with Crippen molar-refractivity contribution in [3.8, 4) is 12.3 Å². The minimum atomic E-state index is -0.627. The fourth-order valence-corrected chi connectivity index (χ4v) is 0.324. The SMILES string of the molecule is C#CCNCC(=O)ONO. The molecule has 0 radical (unpaired) electrons. The second-order valence-corrected chi connectivity index (χ2v) is 1.37. The van der Waals surface area contributed by atoms with Gasteiger partial charge in [-0.15, -0.1) is 6.42 Å². The number of nitrogens with one attached hydrogen (secondary N) is 2. The molecule has 56 valence electrons. The molecule has 0 atom stereocenters. The standard InChI is InChI=1S/C5H8N2O3/c1-2-3-6-4-5(8)10-7-9/h1,6-7,9H,3-4H2. The third-order valence-electron chi connectivity index (χ3n) is 0.656. The normalized spacial score (nSPS) is 8.40. The van der Waals surface area contributed by atoms with Crippen molar-refractivity contribution in [2.45, 2.75) is 0 Å². The van der Waals surface area contributed by atoms with Crippen LogP contribution in [0.25, 0.3) is 0 Å². The Bertz CT molecular complexity index is 140. The van der Waals surface area contributed by atoms with Crippen molar-refractivity contribution < 1.29 is 14.8 Å². The number of hydrogen-bond donors (Lipinski definition) is 3. The van der Waals surface area contributed by atoms with Gasteiger partial charge in [-0.25, -0.2) is 4.79 Å². The Balaban J connectivity index is 3.15. The van der Waals surface area contributed by atoms with Crippen LogP contribution in [-0.4, -0.2) is 24.3 Å². The highest BCUT2D eigenvalue weighted by molar-refractivity contribution is 5.71. The molecule has 0 saturated heterocycles. The minimum absolute atomic E-state index is 0.0300. The van der Waals surface area contributed by atoms with Gasteiger partial charge in [0.1, 0.15) is 0 Å². The fraction of sp³-hybridized carbons (Fsp3) is 0.400. The van der Waals surface area contributed by atoms with E-state index < -0.39 is 5.97 Å². The quantitative estimate of drug-likeness (QED) is 0.258. The Labute approximate surface area is 58.3 Å². The molecule has 0 aliphatic carbocycles. The summed E-state index contributed by atoms with van der Waals surface area (Å²) in [6.45, 7) is 0.262. The number of rotatable bonds is 4. The van der Waals surface area contributed by atoms with E-state index in [1.807, 2.05) is 0 Å². The van der Waals surface area contributed by atoms with Gasteiger partial charge >= 0.3 is 5.97 Å². The summed E-state index contributed by atoms with van der Waals surface area (Å²) in [7, 11) is 0. The van der Waals surface area contributed by atoms with E-state index in [1.165, 1.54) is 5.64 Å². The number of carbonyl (C=O) groups excluding carboxylic acids is 1.